The van der Waals surface area contributed by atoms with Gasteiger partial charge in [0.05, 0.1) is 0 Å². The van der Waals surface area contributed by atoms with Gasteiger partial charge in [-0.2, -0.15) is 0 Å². The quantitative estimate of drug-likeness (QED) is 0.740. The second kappa shape index (κ2) is 6.67. The molecule has 1 heterocycles. The summed E-state index contributed by atoms with van der Waals surface area (Å²) in [7, 11) is 0. The number of thiophene rings is 1. The van der Waals surface area contributed by atoms with E-state index < -0.39 is 12.2 Å². The Balaban J connectivity index is 1.99. The Hall–Kier alpha value is -1.94. The lowest BCUT2D eigenvalue weighted by Gasteiger charge is -2.11. The molecular formula is C20H20O2S. The fourth-order valence-corrected chi connectivity index (χ4v) is 4.08. The minimum Gasteiger partial charge on any atom is -0.383 e. The molecule has 0 aliphatic heterocycles. The predicted molar refractivity (Wildman–Crippen MR) is 94.8 cm³/mol. The van der Waals surface area contributed by atoms with Crippen LogP contribution in [0.1, 0.15) is 44.2 Å². The number of hydrogen-bond donors (Lipinski definition) is 2. The first kappa shape index (κ1) is 15.9. The van der Waals surface area contributed by atoms with Crippen molar-refractivity contribution in [3.8, 4) is 0 Å². The average molecular weight is 324 g/mol. The zero-order chi connectivity index (χ0) is 16.4. The number of aliphatic hydroxyl groups is 2. The lowest BCUT2D eigenvalue weighted by molar-refractivity contribution is 0.223. The molecule has 0 saturated carbocycles. The van der Waals surface area contributed by atoms with E-state index in [1.54, 1.807) is 0 Å². The first-order chi connectivity index (χ1) is 11.1. The highest BCUT2D eigenvalue weighted by Gasteiger charge is 2.23. The number of benzene rings is 2. The maximum atomic E-state index is 10.7. The van der Waals surface area contributed by atoms with Crippen molar-refractivity contribution in [3.63, 3.8) is 0 Å². The van der Waals surface area contributed by atoms with Crippen LogP contribution in [-0.4, -0.2) is 10.2 Å². The molecule has 0 fully saturated rings. The second-order valence-corrected chi connectivity index (χ2v) is 6.79. The van der Waals surface area contributed by atoms with E-state index in [9.17, 15) is 10.2 Å². The summed E-state index contributed by atoms with van der Waals surface area (Å²) in [4.78, 5) is 1.80. The van der Waals surface area contributed by atoms with Gasteiger partial charge in [0.15, 0.2) is 0 Å². The summed E-state index contributed by atoms with van der Waals surface area (Å²) in [6.07, 6.45) is -1.31. The van der Waals surface area contributed by atoms with E-state index in [4.69, 9.17) is 0 Å². The molecule has 0 aliphatic rings. The Kier molecular flexibility index (Phi) is 4.62. The molecule has 2 atom stereocenters. The molecule has 1 aromatic heterocycles. The van der Waals surface area contributed by atoms with Gasteiger partial charge in [-0.3, -0.25) is 0 Å². The fourth-order valence-electron chi connectivity index (χ4n) is 2.74. The Labute approximate surface area is 140 Å². The van der Waals surface area contributed by atoms with Crippen molar-refractivity contribution in [2.24, 2.45) is 0 Å². The van der Waals surface area contributed by atoms with Gasteiger partial charge < -0.3 is 10.2 Å². The molecule has 2 nitrogen and oxygen atoms in total. The third kappa shape index (κ3) is 3.08. The summed E-state index contributed by atoms with van der Waals surface area (Å²) in [5, 5.41) is 21.4. The third-order valence-electron chi connectivity index (χ3n) is 4.25. The van der Waals surface area contributed by atoms with Crippen molar-refractivity contribution in [3.05, 3.63) is 92.7 Å². The molecule has 2 aromatic carbocycles. The monoisotopic (exact) mass is 324 g/mol. The molecular weight excluding hydrogens is 304 g/mol. The molecule has 0 amide bonds. The van der Waals surface area contributed by atoms with Crippen molar-refractivity contribution in [2.45, 2.75) is 26.1 Å². The lowest BCUT2D eigenvalue weighted by Crippen LogP contribution is -1.98. The standard InChI is InChI=1S/C20H20O2S/c1-13-14(2)20(18(22)16-11-7-4-8-12-16)23-19(13)17(21)15-9-5-3-6-10-15/h3-12,17-18,21-22H,1-2H3. The highest BCUT2D eigenvalue weighted by Crippen LogP contribution is 2.39. The van der Waals surface area contributed by atoms with Crippen LogP contribution in [-0.2, 0) is 0 Å². The summed E-state index contributed by atoms with van der Waals surface area (Å²) in [5.74, 6) is 0. The lowest BCUT2D eigenvalue weighted by atomic mass is 10.0. The maximum Gasteiger partial charge on any atom is 0.113 e. The molecule has 0 spiro atoms. The topological polar surface area (TPSA) is 40.5 Å². The first-order valence-electron chi connectivity index (χ1n) is 7.65. The van der Waals surface area contributed by atoms with Gasteiger partial charge in [0.2, 0.25) is 0 Å². The minimum absolute atomic E-state index is 0.656. The van der Waals surface area contributed by atoms with E-state index in [-0.39, 0.29) is 0 Å². The zero-order valence-corrected chi connectivity index (χ0v) is 14.0. The molecule has 23 heavy (non-hydrogen) atoms. The molecule has 0 saturated heterocycles. The Morgan fingerprint density at radius 1 is 0.652 bits per heavy atom. The smallest absolute Gasteiger partial charge is 0.113 e. The number of rotatable bonds is 4. The van der Waals surface area contributed by atoms with E-state index in [0.29, 0.717) is 0 Å². The summed E-state index contributed by atoms with van der Waals surface area (Å²) in [5.41, 5.74) is 3.85. The molecule has 0 aliphatic carbocycles. The third-order valence-corrected chi connectivity index (χ3v) is 5.75. The molecule has 3 rings (SSSR count). The van der Waals surface area contributed by atoms with E-state index in [2.05, 4.69) is 0 Å². The van der Waals surface area contributed by atoms with Crippen LogP contribution in [0.15, 0.2) is 60.7 Å². The van der Waals surface area contributed by atoms with Gasteiger partial charge in [-0.1, -0.05) is 60.7 Å². The Morgan fingerprint density at radius 3 is 1.35 bits per heavy atom. The van der Waals surface area contributed by atoms with Crippen LogP contribution in [0.3, 0.4) is 0 Å². The van der Waals surface area contributed by atoms with Crippen LogP contribution in [0.2, 0.25) is 0 Å². The van der Waals surface area contributed by atoms with Crippen molar-refractivity contribution in [1.82, 2.24) is 0 Å². The van der Waals surface area contributed by atoms with Crippen LogP contribution < -0.4 is 0 Å². The van der Waals surface area contributed by atoms with E-state index >= 15 is 0 Å². The summed E-state index contributed by atoms with van der Waals surface area (Å²) in [6, 6.07) is 19.3. The van der Waals surface area contributed by atoms with E-state index in [0.717, 1.165) is 32.0 Å². The SMILES string of the molecule is Cc1c(C(O)c2ccccc2)sc(C(O)c2ccccc2)c1C. The maximum absolute atomic E-state index is 10.7. The number of aliphatic hydroxyl groups excluding tert-OH is 2. The molecule has 2 unspecified atom stereocenters. The summed E-state index contributed by atoms with van der Waals surface area (Å²) < 4.78 is 0. The van der Waals surface area contributed by atoms with Gasteiger partial charge in [-0.15, -0.1) is 11.3 Å². The van der Waals surface area contributed by atoms with Gasteiger partial charge in [-0.25, -0.2) is 0 Å². The molecule has 3 heteroatoms. The molecule has 2 N–H and O–H groups in total. The van der Waals surface area contributed by atoms with Gasteiger partial charge in [-0.05, 0) is 36.1 Å². The average Bonchev–Trinajstić information content (AvgIpc) is 2.91. The van der Waals surface area contributed by atoms with Gasteiger partial charge in [0.25, 0.3) is 0 Å². The minimum atomic E-state index is -0.656. The molecule has 0 radical (unpaired) electrons. The van der Waals surface area contributed by atoms with Crippen LogP contribution in [0.5, 0.6) is 0 Å². The summed E-state index contributed by atoms with van der Waals surface area (Å²) >= 11 is 1.49. The Bertz CT molecular complexity index is 712. The normalized spacial score (nSPS) is 13.7. The van der Waals surface area contributed by atoms with Crippen molar-refractivity contribution < 1.29 is 10.2 Å². The molecule has 3 aromatic rings. The van der Waals surface area contributed by atoms with E-state index in [1.807, 2.05) is 74.5 Å². The van der Waals surface area contributed by atoms with Gasteiger partial charge in [0, 0.05) is 9.75 Å². The van der Waals surface area contributed by atoms with Crippen molar-refractivity contribution >= 4 is 11.3 Å². The van der Waals surface area contributed by atoms with Gasteiger partial charge >= 0.3 is 0 Å². The van der Waals surface area contributed by atoms with Crippen LogP contribution in [0.25, 0.3) is 0 Å². The highest BCUT2D eigenvalue weighted by molar-refractivity contribution is 7.12. The van der Waals surface area contributed by atoms with Crippen molar-refractivity contribution in [1.29, 1.82) is 0 Å². The zero-order valence-electron chi connectivity index (χ0n) is 13.2. The van der Waals surface area contributed by atoms with Crippen molar-refractivity contribution in [2.75, 3.05) is 0 Å². The highest BCUT2D eigenvalue weighted by atomic mass is 32.1. The second-order valence-electron chi connectivity index (χ2n) is 5.71. The number of hydrogen-bond acceptors (Lipinski definition) is 3. The Morgan fingerprint density at radius 2 is 1.00 bits per heavy atom. The van der Waals surface area contributed by atoms with Crippen LogP contribution >= 0.6 is 11.3 Å². The fraction of sp³-hybridized carbons (Fsp3) is 0.200. The molecule has 0 bridgehead atoms. The molecule has 118 valence electrons. The van der Waals surface area contributed by atoms with Crippen LogP contribution in [0.4, 0.5) is 0 Å². The predicted octanol–water partition coefficient (Wildman–Crippen LogP) is 4.53. The summed E-state index contributed by atoms with van der Waals surface area (Å²) in [6.45, 7) is 4.02. The van der Waals surface area contributed by atoms with Gasteiger partial charge in [0.1, 0.15) is 12.2 Å². The largest absolute Gasteiger partial charge is 0.383 e. The van der Waals surface area contributed by atoms with Crippen LogP contribution in [0, 0.1) is 13.8 Å². The first-order valence-corrected chi connectivity index (χ1v) is 8.47. The van der Waals surface area contributed by atoms with E-state index in [1.165, 1.54) is 11.3 Å².